The van der Waals surface area contributed by atoms with E-state index in [0.717, 1.165) is 0 Å². The van der Waals surface area contributed by atoms with Gasteiger partial charge in [-0.1, -0.05) is 0 Å². The number of carbonyl (C=O) groups excluding carboxylic acids is 4. The fourth-order valence-electron chi connectivity index (χ4n) is 2.01. The van der Waals surface area contributed by atoms with Crippen molar-refractivity contribution in [2.24, 2.45) is 0 Å². The summed E-state index contributed by atoms with van der Waals surface area (Å²) in [6, 6.07) is 3.01. The third-order valence-electron chi connectivity index (χ3n) is 3.11. The van der Waals surface area contributed by atoms with Gasteiger partial charge < -0.3 is 9.47 Å². The molecule has 0 bridgehead atoms. The molecule has 8 heteroatoms. The summed E-state index contributed by atoms with van der Waals surface area (Å²) in [5, 5.41) is 0. The number of rotatable bonds is 0. The van der Waals surface area contributed by atoms with Crippen LogP contribution >= 0.6 is 0 Å². The first kappa shape index (κ1) is 14.5. The minimum atomic E-state index is -0.613. The number of aromatic nitrogens is 2. The molecular formula is C15H8N2O6. The zero-order valence-electron chi connectivity index (χ0n) is 11.7. The van der Waals surface area contributed by atoms with Crippen LogP contribution in [0.5, 0.6) is 0 Å². The number of hydrogen-bond acceptors (Lipinski definition) is 8. The lowest BCUT2D eigenvalue weighted by molar-refractivity contribution is 0.0425. The molecule has 23 heavy (non-hydrogen) atoms. The van der Waals surface area contributed by atoms with Crippen molar-refractivity contribution in [1.29, 1.82) is 0 Å². The van der Waals surface area contributed by atoms with E-state index in [1.165, 1.54) is 24.7 Å². The number of ether oxygens (including phenoxy) is 2. The summed E-state index contributed by atoms with van der Waals surface area (Å²) in [6.07, 6.45) is 4.12. The summed E-state index contributed by atoms with van der Waals surface area (Å²) >= 11 is 0. The molecule has 0 N–H and O–H groups in total. The third-order valence-corrected chi connectivity index (χ3v) is 3.11. The second-order valence-corrected chi connectivity index (χ2v) is 4.65. The van der Waals surface area contributed by atoms with E-state index >= 15 is 0 Å². The van der Waals surface area contributed by atoms with Gasteiger partial charge >= 0.3 is 23.9 Å². The van der Waals surface area contributed by atoms with Crippen molar-refractivity contribution in [3.05, 3.63) is 58.7 Å². The van der Waals surface area contributed by atoms with Crippen LogP contribution in [0.25, 0.3) is 0 Å². The van der Waals surface area contributed by atoms with Crippen LogP contribution in [0.1, 0.15) is 47.1 Å². The third kappa shape index (κ3) is 2.57. The standard InChI is InChI=1S/C8H5NO3.C7H3NO3/c1-4-2-5-6(3-9-4)8(11)12-7(5)10;9-6-4-1-2-8-3-5(4)7(10)11-6/h2-3H,1H3;1-3H. The van der Waals surface area contributed by atoms with E-state index in [4.69, 9.17) is 0 Å². The monoisotopic (exact) mass is 312 g/mol. The van der Waals surface area contributed by atoms with Crippen LogP contribution in [0.15, 0.2) is 30.7 Å². The van der Waals surface area contributed by atoms with Crippen molar-refractivity contribution in [3.8, 4) is 0 Å². The van der Waals surface area contributed by atoms with Gasteiger partial charge in [0.2, 0.25) is 0 Å². The van der Waals surface area contributed by atoms with Gasteiger partial charge in [-0.25, -0.2) is 19.2 Å². The molecule has 0 fully saturated rings. The molecule has 8 nitrogen and oxygen atoms in total. The Labute approximate surface area is 129 Å². The van der Waals surface area contributed by atoms with Crippen molar-refractivity contribution in [2.75, 3.05) is 0 Å². The molecule has 0 aromatic carbocycles. The Balaban J connectivity index is 0.000000136. The van der Waals surface area contributed by atoms with E-state index in [-0.39, 0.29) is 11.1 Å². The van der Waals surface area contributed by atoms with E-state index in [1.54, 1.807) is 13.0 Å². The summed E-state index contributed by atoms with van der Waals surface area (Å²) in [5.74, 6) is -2.39. The number of aryl methyl sites for hydroxylation is 1. The average molecular weight is 312 g/mol. The normalized spacial score (nSPS) is 14.5. The highest BCUT2D eigenvalue weighted by molar-refractivity contribution is 6.15. The highest BCUT2D eigenvalue weighted by Gasteiger charge is 2.30. The van der Waals surface area contributed by atoms with Gasteiger partial charge in [0.25, 0.3) is 0 Å². The molecule has 0 amide bonds. The molecule has 0 saturated carbocycles. The number of carbonyl (C=O) groups is 4. The SMILES string of the molecule is Cc1cc2c(cn1)C(=O)OC2=O.O=C1OC(=O)c2cnccc21. The molecule has 0 saturated heterocycles. The van der Waals surface area contributed by atoms with Crippen LogP contribution in [0.3, 0.4) is 0 Å². The van der Waals surface area contributed by atoms with E-state index < -0.39 is 23.9 Å². The molecule has 4 heterocycles. The second kappa shape index (κ2) is 5.41. The smallest absolute Gasteiger partial charge is 0.348 e. The number of esters is 4. The van der Waals surface area contributed by atoms with E-state index in [9.17, 15) is 19.2 Å². The highest BCUT2D eigenvalue weighted by Crippen LogP contribution is 2.19. The molecule has 0 spiro atoms. The lowest BCUT2D eigenvalue weighted by Gasteiger charge is -1.91. The summed E-state index contributed by atoms with van der Waals surface area (Å²) < 4.78 is 8.68. The molecule has 2 aromatic heterocycles. The molecule has 2 aromatic rings. The second-order valence-electron chi connectivity index (χ2n) is 4.65. The van der Waals surface area contributed by atoms with Gasteiger partial charge in [0.15, 0.2) is 0 Å². The first-order valence-corrected chi connectivity index (χ1v) is 6.41. The van der Waals surface area contributed by atoms with E-state index in [1.807, 2.05) is 0 Å². The Morgan fingerprint density at radius 1 is 0.783 bits per heavy atom. The quantitative estimate of drug-likeness (QED) is 0.525. The summed E-state index contributed by atoms with van der Waals surface area (Å²) in [4.78, 5) is 51.0. The molecule has 0 aliphatic carbocycles. The Hall–Kier alpha value is -3.42. The highest BCUT2D eigenvalue weighted by atomic mass is 16.6. The van der Waals surface area contributed by atoms with Crippen LogP contribution in [0.2, 0.25) is 0 Å². The van der Waals surface area contributed by atoms with Crippen LogP contribution in [-0.2, 0) is 9.47 Å². The zero-order chi connectivity index (χ0) is 16.6. The topological polar surface area (TPSA) is 113 Å². The Kier molecular flexibility index (Phi) is 3.41. The Bertz CT molecular complexity index is 841. The van der Waals surface area contributed by atoms with Crippen molar-refractivity contribution < 1.29 is 28.7 Å². The van der Waals surface area contributed by atoms with Crippen molar-refractivity contribution in [3.63, 3.8) is 0 Å². The van der Waals surface area contributed by atoms with E-state index in [2.05, 4.69) is 19.4 Å². The zero-order valence-corrected chi connectivity index (χ0v) is 11.7. The molecule has 114 valence electrons. The van der Waals surface area contributed by atoms with Crippen LogP contribution in [0.4, 0.5) is 0 Å². The van der Waals surface area contributed by atoms with Gasteiger partial charge in [0, 0.05) is 24.3 Å². The number of cyclic esters (lactones) is 4. The molecule has 2 aliphatic rings. The lowest BCUT2D eigenvalue weighted by atomic mass is 10.1. The number of nitrogens with zero attached hydrogens (tertiary/aromatic N) is 2. The summed E-state index contributed by atoms with van der Waals surface area (Å²) in [6.45, 7) is 1.75. The minimum absolute atomic E-state index is 0.248. The molecule has 2 aliphatic heterocycles. The average Bonchev–Trinajstić information content (AvgIpc) is 2.97. The minimum Gasteiger partial charge on any atom is -0.386 e. The predicted molar refractivity (Wildman–Crippen MR) is 72.7 cm³/mol. The van der Waals surface area contributed by atoms with Gasteiger partial charge in [-0.2, -0.15) is 0 Å². The lowest BCUT2D eigenvalue weighted by Crippen LogP contribution is -1.96. The maximum absolute atomic E-state index is 11.0. The Morgan fingerprint density at radius 3 is 2.00 bits per heavy atom. The van der Waals surface area contributed by atoms with Crippen molar-refractivity contribution >= 4 is 23.9 Å². The molecule has 0 radical (unpaired) electrons. The fourth-order valence-corrected chi connectivity index (χ4v) is 2.01. The maximum Gasteiger partial charge on any atom is 0.348 e. The fraction of sp³-hybridized carbons (Fsp3) is 0.0667. The van der Waals surface area contributed by atoms with Crippen LogP contribution in [0, 0.1) is 6.92 Å². The number of pyridine rings is 2. The van der Waals surface area contributed by atoms with E-state index in [0.29, 0.717) is 16.8 Å². The summed E-state index contributed by atoms with van der Waals surface area (Å²) in [7, 11) is 0. The molecule has 4 rings (SSSR count). The maximum atomic E-state index is 11.0. The number of hydrogen-bond donors (Lipinski definition) is 0. The molecule has 0 atom stereocenters. The first-order chi connectivity index (χ1) is 11.0. The van der Waals surface area contributed by atoms with Gasteiger partial charge in [0.05, 0.1) is 22.3 Å². The summed E-state index contributed by atoms with van der Waals surface area (Å²) in [5.41, 5.74) is 1.81. The van der Waals surface area contributed by atoms with Crippen LogP contribution in [-0.4, -0.2) is 33.8 Å². The molecule has 0 unspecified atom stereocenters. The molecular weight excluding hydrogens is 304 g/mol. The van der Waals surface area contributed by atoms with Gasteiger partial charge in [0.1, 0.15) is 0 Å². The van der Waals surface area contributed by atoms with Crippen molar-refractivity contribution in [1.82, 2.24) is 9.97 Å². The van der Waals surface area contributed by atoms with Crippen molar-refractivity contribution in [2.45, 2.75) is 6.92 Å². The number of fused-ring (bicyclic) bond motifs is 2. The predicted octanol–water partition coefficient (Wildman–Crippen LogP) is 1.09. The van der Waals surface area contributed by atoms with Gasteiger partial charge in [-0.3, -0.25) is 9.97 Å². The van der Waals surface area contributed by atoms with Gasteiger partial charge in [-0.15, -0.1) is 0 Å². The Morgan fingerprint density at radius 2 is 1.35 bits per heavy atom. The van der Waals surface area contributed by atoms with Crippen LogP contribution < -0.4 is 0 Å². The largest absolute Gasteiger partial charge is 0.386 e. The first-order valence-electron chi connectivity index (χ1n) is 6.41. The van der Waals surface area contributed by atoms with Gasteiger partial charge in [-0.05, 0) is 19.1 Å².